The molecule has 0 atom stereocenters. The Labute approximate surface area is 131 Å². The topological polar surface area (TPSA) is 43.9 Å². The summed E-state index contributed by atoms with van der Waals surface area (Å²) in [7, 11) is 2.12. The van der Waals surface area contributed by atoms with Crippen LogP contribution in [-0.4, -0.2) is 73.2 Å². The van der Waals surface area contributed by atoms with Gasteiger partial charge in [-0.3, -0.25) is 14.5 Å². The van der Waals surface area contributed by atoms with Gasteiger partial charge in [-0.25, -0.2) is 0 Å². The highest BCUT2D eigenvalue weighted by atomic mass is 16.2. The minimum atomic E-state index is 0.217. The summed E-state index contributed by atoms with van der Waals surface area (Å²) >= 11 is 0. The Kier molecular flexibility index (Phi) is 4.55. The Hall–Kier alpha value is -1.72. The highest BCUT2D eigenvalue weighted by molar-refractivity contribution is 5.79. The zero-order chi connectivity index (χ0) is 15.5. The SMILES string of the molecule is CN1CCN(CC(=O)N2CCc3cc(C=O)ccc3C2)CC1. The van der Waals surface area contributed by atoms with Gasteiger partial charge < -0.3 is 9.80 Å². The molecule has 1 aromatic carbocycles. The predicted octanol–water partition coefficient (Wildman–Crippen LogP) is 0.631. The normalized spacial score (nSPS) is 19.8. The number of carbonyl (C=O) groups is 2. The Morgan fingerprint density at radius 2 is 1.91 bits per heavy atom. The first-order chi connectivity index (χ1) is 10.7. The Morgan fingerprint density at radius 3 is 2.64 bits per heavy atom. The van der Waals surface area contributed by atoms with Crippen molar-refractivity contribution in [2.24, 2.45) is 0 Å². The quantitative estimate of drug-likeness (QED) is 0.768. The maximum Gasteiger partial charge on any atom is 0.237 e. The van der Waals surface area contributed by atoms with Crippen molar-refractivity contribution >= 4 is 12.2 Å². The minimum absolute atomic E-state index is 0.217. The van der Waals surface area contributed by atoms with E-state index in [4.69, 9.17) is 0 Å². The van der Waals surface area contributed by atoms with E-state index in [0.717, 1.165) is 51.0 Å². The van der Waals surface area contributed by atoms with Gasteiger partial charge in [-0.2, -0.15) is 0 Å². The van der Waals surface area contributed by atoms with E-state index in [1.807, 2.05) is 23.1 Å². The van der Waals surface area contributed by atoms with Crippen molar-refractivity contribution < 1.29 is 9.59 Å². The average molecular weight is 301 g/mol. The maximum atomic E-state index is 12.5. The molecule has 5 nitrogen and oxygen atoms in total. The zero-order valence-electron chi connectivity index (χ0n) is 13.1. The third kappa shape index (κ3) is 3.36. The van der Waals surface area contributed by atoms with E-state index >= 15 is 0 Å². The third-order valence-electron chi connectivity index (χ3n) is 4.69. The standard InChI is InChI=1S/C17H23N3O2/c1-18-6-8-19(9-7-18)12-17(22)20-5-4-15-10-14(13-21)2-3-16(15)11-20/h2-3,10,13H,4-9,11-12H2,1H3. The van der Waals surface area contributed by atoms with Crippen molar-refractivity contribution in [2.75, 3.05) is 46.3 Å². The van der Waals surface area contributed by atoms with Crippen LogP contribution in [0, 0.1) is 0 Å². The molecule has 0 N–H and O–H groups in total. The third-order valence-corrected chi connectivity index (χ3v) is 4.69. The maximum absolute atomic E-state index is 12.5. The van der Waals surface area contributed by atoms with E-state index in [9.17, 15) is 9.59 Å². The number of amides is 1. The monoisotopic (exact) mass is 301 g/mol. The molecular weight excluding hydrogens is 278 g/mol. The van der Waals surface area contributed by atoms with Crippen LogP contribution in [0.5, 0.6) is 0 Å². The van der Waals surface area contributed by atoms with Crippen molar-refractivity contribution in [2.45, 2.75) is 13.0 Å². The Balaban J connectivity index is 1.59. The highest BCUT2D eigenvalue weighted by Gasteiger charge is 2.23. The van der Waals surface area contributed by atoms with Gasteiger partial charge in [0.05, 0.1) is 6.54 Å². The minimum Gasteiger partial charge on any atom is -0.337 e. The summed E-state index contributed by atoms with van der Waals surface area (Å²) in [6, 6.07) is 5.76. The van der Waals surface area contributed by atoms with Gasteiger partial charge >= 0.3 is 0 Å². The van der Waals surface area contributed by atoms with E-state index in [0.29, 0.717) is 13.1 Å². The molecule has 0 unspecified atom stereocenters. The number of fused-ring (bicyclic) bond motifs is 1. The number of likely N-dealkylation sites (N-methyl/N-ethyl adjacent to an activating group) is 1. The van der Waals surface area contributed by atoms with E-state index < -0.39 is 0 Å². The number of nitrogens with zero attached hydrogens (tertiary/aromatic N) is 3. The lowest BCUT2D eigenvalue weighted by Crippen LogP contribution is -2.49. The van der Waals surface area contributed by atoms with Crippen LogP contribution in [0.25, 0.3) is 0 Å². The van der Waals surface area contributed by atoms with Gasteiger partial charge in [-0.15, -0.1) is 0 Å². The second-order valence-corrected chi connectivity index (χ2v) is 6.29. The van der Waals surface area contributed by atoms with E-state index in [1.54, 1.807) is 0 Å². The van der Waals surface area contributed by atoms with E-state index in [-0.39, 0.29) is 5.91 Å². The molecule has 5 heteroatoms. The van der Waals surface area contributed by atoms with Crippen molar-refractivity contribution in [1.82, 2.24) is 14.7 Å². The summed E-state index contributed by atoms with van der Waals surface area (Å²) < 4.78 is 0. The van der Waals surface area contributed by atoms with Crippen molar-refractivity contribution in [3.8, 4) is 0 Å². The molecule has 118 valence electrons. The van der Waals surface area contributed by atoms with Crippen LogP contribution in [0.2, 0.25) is 0 Å². The number of aldehydes is 1. The predicted molar refractivity (Wildman–Crippen MR) is 84.9 cm³/mol. The van der Waals surface area contributed by atoms with Gasteiger partial charge in [0.2, 0.25) is 5.91 Å². The number of carbonyl (C=O) groups excluding carboxylic acids is 2. The second kappa shape index (κ2) is 6.58. The van der Waals surface area contributed by atoms with Crippen LogP contribution in [0.15, 0.2) is 18.2 Å². The lowest BCUT2D eigenvalue weighted by atomic mass is 9.97. The zero-order valence-corrected chi connectivity index (χ0v) is 13.1. The molecule has 3 rings (SSSR count). The molecule has 0 aromatic heterocycles. The van der Waals surface area contributed by atoms with Gasteiger partial charge in [-0.05, 0) is 30.7 Å². The largest absolute Gasteiger partial charge is 0.337 e. The summed E-state index contributed by atoms with van der Waals surface area (Å²) in [5.74, 6) is 0.217. The molecule has 0 radical (unpaired) electrons. The fourth-order valence-electron chi connectivity index (χ4n) is 3.16. The van der Waals surface area contributed by atoms with Crippen LogP contribution in [0.1, 0.15) is 21.5 Å². The molecule has 0 bridgehead atoms. The first-order valence-electron chi connectivity index (χ1n) is 7.91. The van der Waals surface area contributed by atoms with Crippen LogP contribution >= 0.6 is 0 Å². The van der Waals surface area contributed by atoms with Crippen LogP contribution in [0.4, 0.5) is 0 Å². The fourth-order valence-corrected chi connectivity index (χ4v) is 3.16. The first kappa shape index (κ1) is 15.2. The van der Waals surface area contributed by atoms with Crippen molar-refractivity contribution in [3.63, 3.8) is 0 Å². The fraction of sp³-hybridized carbons (Fsp3) is 0.529. The van der Waals surface area contributed by atoms with Gasteiger partial charge in [0.25, 0.3) is 0 Å². The van der Waals surface area contributed by atoms with Crippen molar-refractivity contribution in [3.05, 3.63) is 34.9 Å². The smallest absolute Gasteiger partial charge is 0.237 e. The molecule has 1 saturated heterocycles. The van der Waals surface area contributed by atoms with E-state index in [1.165, 1.54) is 11.1 Å². The highest BCUT2D eigenvalue weighted by Crippen LogP contribution is 2.20. The number of benzene rings is 1. The molecule has 1 aromatic rings. The van der Waals surface area contributed by atoms with Gasteiger partial charge in [-0.1, -0.05) is 12.1 Å². The summed E-state index contributed by atoms with van der Waals surface area (Å²) in [6.07, 6.45) is 1.72. The second-order valence-electron chi connectivity index (χ2n) is 6.29. The molecule has 0 spiro atoms. The molecule has 22 heavy (non-hydrogen) atoms. The van der Waals surface area contributed by atoms with E-state index in [2.05, 4.69) is 16.8 Å². The molecule has 1 fully saturated rings. The lowest BCUT2D eigenvalue weighted by Gasteiger charge is -2.35. The van der Waals surface area contributed by atoms with Gasteiger partial charge in [0.15, 0.2) is 0 Å². The number of hydrogen-bond donors (Lipinski definition) is 0. The Bertz CT molecular complexity index is 565. The molecule has 0 saturated carbocycles. The van der Waals surface area contributed by atoms with Crippen LogP contribution < -0.4 is 0 Å². The number of rotatable bonds is 3. The molecule has 2 heterocycles. The van der Waals surface area contributed by atoms with Gasteiger partial charge in [0.1, 0.15) is 6.29 Å². The lowest BCUT2D eigenvalue weighted by molar-refractivity contribution is -0.133. The molecule has 2 aliphatic heterocycles. The summed E-state index contributed by atoms with van der Waals surface area (Å²) in [5, 5.41) is 0. The molecular formula is C17H23N3O2. The summed E-state index contributed by atoms with van der Waals surface area (Å²) in [4.78, 5) is 29.8. The number of hydrogen-bond acceptors (Lipinski definition) is 4. The molecule has 0 aliphatic carbocycles. The van der Waals surface area contributed by atoms with Crippen LogP contribution in [0.3, 0.4) is 0 Å². The average Bonchev–Trinajstić information content (AvgIpc) is 2.56. The van der Waals surface area contributed by atoms with Crippen LogP contribution in [-0.2, 0) is 17.8 Å². The number of piperazine rings is 1. The van der Waals surface area contributed by atoms with Gasteiger partial charge in [0, 0.05) is 44.8 Å². The summed E-state index contributed by atoms with van der Waals surface area (Å²) in [5.41, 5.74) is 3.09. The Morgan fingerprint density at radius 1 is 1.14 bits per heavy atom. The summed E-state index contributed by atoms with van der Waals surface area (Å²) in [6.45, 7) is 5.94. The first-order valence-corrected chi connectivity index (χ1v) is 7.91. The molecule has 1 amide bonds. The van der Waals surface area contributed by atoms with Crippen molar-refractivity contribution in [1.29, 1.82) is 0 Å². The molecule has 2 aliphatic rings.